The molecule has 5 nitrogen and oxygen atoms in total. The molecule has 0 amide bonds. The Morgan fingerprint density at radius 2 is 1.86 bits per heavy atom. The molecule has 114 valence electrons. The second-order valence-corrected chi connectivity index (χ2v) is 4.97. The Labute approximate surface area is 125 Å². The first-order valence-corrected chi connectivity index (χ1v) is 7.35. The Morgan fingerprint density at radius 3 is 2.38 bits per heavy atom. The summed E-state index contributed by atoms with van der Waals surface area (Å²) in [4.78, 5) is 29.3. The van der Waals surface area contributed by atoms with E-state index < -0.39 is 11.6 Å². The first-order chi connectivity index (χ1) is 10.0. The molecule has 0 fully saturated rings. The number of benzene rings is 1. The lowest BCUT2D eigenvalue weighted by Crippen LogP contribution is -2.67. The first kappa shape index (κ1) is 15.5. The summed E-state index contributed by atoms with van der Waals surface area (Å²) in [6.45, 7) is 7.04. The third-order valence-corrected chi connectivity index (χ3v) is 4.09. The summed E-state index contributed by atoms with van der Waals surface area (Å²) in [6.07, 6.45) is 0. The number of carbonyl (C=O) groups is 2. The van der Waals surface area contributed by atoms with Crippen LogP contribution in [0.4, 0.5) is 5.69 Å². The fourth-order valence-corrected chi connectivity index (χ4v) is 3.10. The minimum Gasteiger partial charge on any atom is -0.463 e. The van der Waals surface area contributed by atoms with Crippen molar-refractivity contribution in [3.63, 3.8) is 0 Å². The van der Waals surface area contributed by atoms with Gasteiger partial charge in [0.05, 0.1) is 6.61 Å². The highest BCUT2D eigenvalue weighted by Gasteiger charge is 2.59. The maximum atomic E-state index is 13.0. The van der Waals surface area contributed by atoms with Crippen molar-refractivity contribution in [2.75, 3.05) is 31.6 Å². The second kappa shape index (κ2) is 5.85. The van der Waals surface area contributed by atoms with Gasteiger partial charge >= 0.3 is 5.97 Å². The number of esters is 1. The van der Waals surface area contributed by atoms with Gasteiger partial charge in [0.2, 0.25) is 5.78 Å². The van der Waals surface area contributed by atoms with Crippen LogP contribution in [0.2, 0.25) is 0 Å². The Balaban J connectivity index is 2.62. The largest absolute Gasteiger partial charge is 0.463 e. The van der Waals surface area contributed by atoms with Crippen molar-refractivity contribution >= 4 is 17.4 Å². The highest BCUT2D eigenvalue weighted by molar-refractivity contribution is 6.24. The molecule has 1 aliphatic rings. The molecule has 0 saturated heterocycles. The van der Waals surface area contributed by atoms with Crippen molar-refractivity contribution in [2.24, 2.45) is 0 Å². The number of likely N-dealkylation sites (N-methyl/N-ethyl adjacent to an activating group) is 2. The van der Waals surface area contributed by atoms with Crippen molar-refractivity contribution in [2.45, 2.75) is 26.4 Å². The minimum absolute atomic E-state index is 0.206. The standard InChI is InChI=1S/C16H22N2O3/c1-5-18(6-2)16(15(20)21-7-3)14(19)12-10-8-9-11-13(12)17(16)4/h8-11H,5-7H2,1-4H3. The molecule has 5 heteroatoms. The van der Waals surface area contributed by atoms with Crippen molar-refractivity contribution in [1.29, 1.82) is 0 Å². The predicted molar refractivity (Wildman–Crippen MR) is 81.5 cm³/mol. The van der Waals surface area contributed by atoms with Gasteiger partial charge in [-0.25, -0.2) is 4.79 Å². The minimum atomic E-state index is -1.39. The smallest absolute Gasteiger partial charge is 0.356 e. The molecule has 1 aromatic carbocycles. The zero-order chi connectivity index (χ0) is 15.6. The van der Waals surface area contributed by atoms with Gasteiger partial charge in [-0.1, -0.05) is 26.0 Å². The summed E-state index contributed by atoms with van der Waals surface area (Å²) in [5.41, 5.74) is -0.0502. The van der Waals surface area contributed by atoms with Crippen LogP contribution in [0.15, 0.2) is 24.3 Å². The zero-order valence-corrected chi connectivity index (χ0v) is 13.0. The van der Waals surface area contributed by atoms with Crippen molar-refractivity contribution in [3.8, 4) is 0 Å². The highest BCUT2D eigenvalue weighted by Crippen LogP contribution is 2.40. The molecule has 0 aliphatic carbocycles. The van der Waals surface area contributed by atoms with E-state index >= 15 is 0 Å². The molecule has 0 N–H and O–H groups in total. The number of Topliss-reactive ketones (excluding diaryl/α,β-unsaturated/α-hetero) is 1. The Hall–Kier alpha value is -1.88. The fraction of sp³-hybridized carbons (Fsp3) is 0.500. The average Bonchev–Trinajstić information content (AvgIpc) is 2.72. The molecule has 21 heavy (non-hydrogen) atoms. The summed E-state index contributed by atoms with van der Waals surface area (Å²) in [7, 11) is 1.78. The molecule has 0 bridgehead atoms. The van der Waals surface area contributed by atoms with E-state index in [-0.39, 0.29) is 12.4 Å². The Kier molecular flexibility index (Phi) is 4.32. The Morgan fingerprint density at radius 1 is 1.24 bits per heavy atom. The number of ether oxygens (including phenoxy) is 1. The molecule has 1 heterocycles. The van der Waals surface area contributed by atoms with Gasteiger partial charge in [-0.15, -0.1) is 0 Å². The number of para-hydroxylation sites is 1. The lowest BCUT2D eigenvalue weighted by Gasteiger charge is -2.41. The van der Waals surface area contributed by atoms with Crippen LogP contribution < -0.4 is 4.90 Å². The van der Waals surface area contributed by atoms with Crippen molar-refractivity contribution in [1.82, 2.24) is 4.90 Å². The van der Waals surface area contributed by atoms with Crippen LogP contribution in [0.1, 0.15) is 31.1 Å². The maximum absolute atomic E-state index is 13.0. The molecule has 0 radical (unpaired) electrons. The van der Waals surface area contributed by atoms with Gasteiger partial charge in [-0.2, -0.15) is 0 Å². The van der Waals surface area contributed by atoms with E-state index in [1.54, 1.807) is 24.9 Å². The van der Waals surface area contributed by atoms with Crippen molar-refractivity contribution in [3.05, 3.63) is 29.8 Å². The van der Waals surface area contributed by atoms with Gasteiger partial charge in [0.25, 0.3) is 5.66 Å². The highest BCUT2D eigenvalue weighted by atomic mass is 16.5. The van der Waals surface area contributed by atoms with Crippen LogP contribution in [0.25, 0.3) is 0 Å². The van der Waals surface area contributed by atoms with E-state index in [0.717, 1.165) is 5.69 Å². The van der Waals surface area contributed by atoms with E-state index in [2.05, 4.69) is 0 Å². The molecule has 0 aromatic heterocycles. The molecule has 1 aromatic rings. The van der Waals surface area contributed by atoms with Crippen molar-refractivity contribution < 1.29 is 14.3 Å². The molecule has 1 atom stereocenters. The topological polar surface area (TPSA) is 49.9 Å². The quantitative estimate of drug-likeness (QED) is 0.612. The Bertz CT molecular complexity index is 554. The van der Waals surface area contributed by atoms with E-state index in [9.17, 15) is 9.59 Å². The van der Waals surface area contributed by atoms with Gasteiger partial charge in [0, 0.05) is 18.3 Å². The number of hydrogen-bond donors (Lipinski definition) is 0. The third-order valence-electron chi connectivity index (χ3n) is 4.09. The lowest BCUT2D eigenvalue weighted by molar-refractivity contribution is -0.154. The van der Waals surface area contributed by atoms with Crippen LogP contribution in [0.5, 0.6) is 0 Å². The van der Waals surface area contributed by atoms with E-state index in [4.69, 9.17) is 4.74 Å². The number of rotatable bonds is 5. The fourth-order valence-electron chi connectivity index (χ4n) is 3.10. The van der Waals surface area contributed by atoms with Crippen LogP contribution >= 0.6 is 0 Å². The SMILES string of the molecule is CCOC(=O)C1(N(CC)CC)C(=O)c2ccccc2N1C. The maximum Gasteiger partial charge on any atom is 0.356 e. The molecule has 0 spiro atoms. The summed E-state index contributed by atoms with van der Waals surface area (Å²) in [6, 6.07) is 7.30. The van der Waals surface area contributed by atoms with Crippen LogP contribution in [0, 0.1) is 0 Å². The number of ketones is 1. The molecule has 2 rings (SSSR count). The normalized spacial score (nSPS) is 20.8. The number of carbonyl (C=O) groups excluding carboxylic acids is 2. The molecular weight excluding hydrogens is 268 g/mol. The predicted octanol–water partition coefficient (Wildman–Crippen LogP) is 1.92. The van der Waals surface area contributed by atoms with Gasteiger partial charge in [-0.3, -0.25) is 9.69 Å². The summed E-state index contributed by atoms with van der Waals surface area (Å²) >= 11 is 0. The summed E-state index contributed by atoms with van der Waals surface area (Å²) in [5, 5.41) is 0. The molecular formula is C16H22N2O3. The zero-order valence-electron chi connectivity index (χ0n) is 13.0. The lowest BCUT2D eigenvalue weighted by atomic mass is 10.00. The van der Waals surface area contributed by atoms with E-state index in [1.807, 2.05) is 36.9 Å². The second-order valence-electron chi connectivity index (χ2n) is 4.97. The number of hydrogen-bond acceptors (Lipinski definition) is 5. The number of anilines is 1. The summed E-state index contributed by atoms with van der Waals surface area (Å²) in [5.74, 6) is -0.708. The molecule has 1 unspecified atom stereocenters. The van der Waals surface area contributed by atoms with Gasteiger partial charge < -0.3 is 9.64 Å². The molecule has 1 aliphatic heterocycles. The third kappa shape index (κ3) is 2.03. The van der Waals surface area contributed by atoms with Gasteiger partial charge in [0.1, 0.15) is 0 Å². The molecule has 0 saturated carbocycles. The van der Waals surface area contributed by atoms with Gasteiger partial charge in [0.15, 0.2) is 0 Å². The van der Waals surface area contributed by atoms with E-state index in [0.29, 0.717) is 18.7 Å². The van der Waals surface area contributed by atoms with E-state index in [1.165, 1.54) is 0 Å². The summed E-state index contributed by atoms with van der Waals surface area (Å²) < 4.78 is 5.24. The number of fused-ring (bicyclic) bond motifs is 1. The van der Waals surface area contributed by atoms with Crippen LogP contribution in [-0.4, -0.2) is 49.1 Å². The van der Waals surface area contributed by atoms with Crippen LogP contribution in [0.3, 0.4) is 0 Å². The monoisotopic (exact) mass is 290 g/mol. The average molecular weight is 290 g/mol. The van der Waals surface area contributed by atoms with Gasteiger partial charge in [-0.05, 0) is 32.1 Å². The number of nitrogens with zero attached hydrogens (tertiary/aromatic N) is 2. The first-order valence-electron chi connectivity index (χ1n) is 7.35. The van der Waals surface area contributed by atoms with Crippen LogP contribution in [-0.2, 0) is 9.53 Å².